The fourth-order valence-electron chi connectivity index (χ4n) is 1.47. The zero-order valence-electron chi connectivity index (χ0n) is 10.2. The van der Waals surface area contributed by atoms with Gasteiger partial charge in [0.15, 0.2) is 0 Å². The van der Waals surface area contributed by atoms with Crippen LogP contribution in [0.3, 0.4) is 0 Å². The van der Waals surface area contributed by atoms with Crippen LogP contribution in [0.15, 0.2) is 18.2 Å². The minimum atomic E-state index is -4.58. The summed E-state index contributed by atoms with van der Waals surface area (Å²) in [5.74, 6) is -1.44. The van der Waals surface area contributed by atoms with E-state index in [0.717, 1.165) is 12.1 Å². The van der Waals surface area contributed by atoms with Crippen molar-refractivity contribution in [3.05, 3.63) is 29.3 Å². The van der Waals surface area contributed by atoms with E-state index in [9.17, 15) is 18.0 Å². The first kappa shape index (κ1) is 15.3. The van der Waals surface area contributed by atoms with Crippen molar-refractivity contribution in [2.75, 3.05) is 11.9 Å². The normalized spacial score (nSPS) is 13.1. The Balaban J connectivity index is 2.96. The van der Waals surface area contributed by atoms with Crippen LogP contribution < -0.4 is 5.32 Å². The summed E-state index contributed by atoms with van der Waals surface area (Å²) in [5.41, 5.74) is -1.35. The van der Waals surface area contributed by atoms with Gasteiger partial charge >= 0.3 is 12.1 Å². The van der Waals surface area contributed by atoms with Gasteiger partial charge in [0, 0.05) is 12.2 Å². The van der Waals surface area contributed by atoms with Crippen LogP contribution >= 0.6 is 0 Å². The van der Waals surface area contributed by atoms with Gasteiger partial charge in [0.1, 0.15) is 0 Å². The number of rotatable bonds is 5. The van der Waals surface area contributed by atoms with Gasteiger partial charge in [-0.1, -0.05) is 0 Å². The third-order valence-corrected chi connectivity index (χ3v) is 2.45. The first-order chi connectivity index (χ1) is 8.71. The predicted molar refractivity (Wildman–Crippen MR) is 63.2 cm³/mol. The molecule has 106 valence electrons. The summed E-state index contributed by atoms with van der Waals surface area (Å²) in [6.07, 6.45) is -4.79. The molecule has 0 saturated heterocycles. The van der Waals surface area contributed by atoms with Crippen LogP contribution in [0, 0.1) is 0 Å². The van der Waals surface area contributed by atoms with Crippen molar-refractivity contribution < 1.29 is 28.2 Å². The fraction of sp³-hybridized carbons (Fsp3) is 0.417. The van der Waals surface area contributed by atoms with Crippen LogP contribution in [-0.4, -0.2) is 28.8 Å². The van der Waals surface area contributed by atoms with E-state index in [-0.39, 0.29) is 12.2 Å². The molecule has 0 spiro atoms. The molecule has 0 aromatic heterocycles. The van der Waals surface area contributed by atoms with Crippen LogP contribution in [0.5, 0.6) is 0 Å². The minimum absolute atomic E-state index is 0.0983. The average molecular weight is 277 g/mol. The van der Waals surface area contributed by atoms with E-state index >= 15 is 0 Å². The second kappa shape index (κ2) is 5.92. The molecular formula is C12H14F3NO3. The zero-order valence-corrected chi connectivity index (χ0v) is 10.2. The van der Waals surface area contributed by atoms with Crippen molar-refractivity contribution in [2.24, 2.45) is 0 Å². The summed E-state index contributed by atoms with van der Waals surface area (Å²) in [6.45, 7) is 1.83. The Morgan fingerprint density at radius 2 is 2.05 bits per heavy atom. The third-order valence-electron chi connectivity index (χ3n) is 2.45. The molecule has 1 aromatic rings. The van der Waals surface area contributed by atoms with Gasteiger partial charge in [-0.15, -0.1) is 0 Å². The zero-order chi connectivity index (χ0) is 14.6. The first-order valence-electron chi connectivity index (χ1n) is 5.58. The van der Waals surface area contributed by atoms with Gasteiger partial charge in [-0.05, 0) is 31.5 Å². The van der Waals surface area contributed by atoms with Crippen LogP contribution in [0.25, 0.3) is 0 Å². The molecule has 7 heteroatoms. The Bertz CT molecular complexity index is 458. The Hall–Kier alpha value is -1.76. The van der Waals surface area contributed by atoms with Gasteiger partial charge in [-0.3, -0.25) is 0 Å². The molecule has 3 N–H and O–H groups in total. The Morgan fingerprint density at radius 3 is 2.53 bits per heavy atom. The molecule has 0 bridgehead atoms. The second-order valence-corrected chi connectivity index (χ2v) is 4.13. The van der Waals surface area contributed by atoms with E-state index < -0.39 is 29.4 Å². The molecule has 0 radical (unpaired) electrons. The quantitative estimate of drug-likeness (QED) is 0.773. The first-order valence-corrected chi connectivity index (χ1v) is 5.58. The highest BCUT2D eigenvalue weighted by molar-refractivity contribution is 5.94. The van der Waals surface area contributed by atoms with Crippen LogP contribution in [-0.2, 0) is 6.18 Å². The number of aromatic carboxylic acids is 1. The smallest absolute Gasteiger partial charge is 0.416 e. The van der Waals surface area contributed by atoms with E-state index in [1.165, 1.54) is 0 Å². The molecule has 0 aliphatic heterocycles. The number of nitrogens with one attached hydrogen (secondary N) is 1. The fourth-order valence-corrected chi connectivity index (χ4v) is 1.47. The maximum Gasteiger partial charge on any atom is 0.416 e. The van der Waals surface area contributed by atoms with Crippen molar-refractivity contribution in [1.29, 1.82) is 0 Å². The molecule has 0 amide bonds. The summed E-state index contributed by atoms with van der Waals surface area (Å²) >= 11 is 0. The van der Waals surface area contributed by atoms with Gasteiger partial charge in [0.2, 0.25) is 0 Å². The molecule has 0 fully saturated rings. The summed E-state index contributed by atoms with van der Waals surface area (Å²) in [5, 5.41) is 20.7. The van der Waals surface area contributed by atoms with Crippen molar-refractivity contribution in [2.45, 2.75) is 25.6 Å². The second-order valence-electron chi connectivity index (χ2n) is 4.13. The number of aliphatic hydroxyl groups is 1. The molecule has 1 aromatic carbocycles. The standard InChI is InChI=1S/C12H14F3NO3/c1-7(17)4-5-16-10-3-2-8(12(13,14)15)6-9(10)11(18)19/h2-3,6-7,16-17H,4-5H2,1H3,(H,18,19). The number of carboxylic acids is 1. The number of aliphatic hydroxyl groups excluding tert-OH is 1. The number of carboxylic acid groups (broad SMARTS) is 1. The Morgan fingerprint density at radius 1 is 1.42 bits per heavy atom. The van der Waals surface area contributed by atoms with Crippen LogP contribution in [0.4, 0.5) is 18.9 Å². The van der Waals surface area contributed by atoms with Gasteiger partial charge in [-0.2, -0.15) is 13.2 Å². The van der Waals surface area contributed by atoms with Gasteiger partial charge < -0.3 is 15.5 Å². The number of carbonyl (C=O) groups is 1. The lowest BCUT2D eigenvalue weighted by Gasteiger charge is -2.13. The monoisotopic (exact) mass is 277 g/mol. The third kappa shape index (κ3) is 4.44. The lowest BCUT2D eigenvalue weighted by molar-refractivity contribution is -0.137. The molecule has 0 saturated carbocycles. The molecule has 0 aliphatic rings. The molecule has 4 nitrogen and oxygen atoms in total. The van der Waals surface area contributed by atoms with Crippen molar-refractivity contribution in [3.63, 3.8) is 0 Å². The highest BCUT2D eigenvalue weighted by atomic mass is 19.4. The molecule has 0 aliphatic carbocycles. The van der Waals surface area contributed by atoms with Gasteiger partial charge in [-0.25, -0.2) is 4.79 Å². The summed E-state index contributed by atoms with van der Waals surface area (Å²) in [6, 6.07) is 2.48. The molecule has 1 unspecified atom stereocenters. The Kier molecular flexibility index (Phi) is 4.77. The van der Waals surface area contributed by atoms with Gasteiger partial charge in [0.05, 0.1) is 17.2 Å². The maximum atomic E-state index is 12.5. The minimum Gasteiger partial charge on any atom is -0.478 e. The van der Waals surface area contributed by atoms with E-state index in [1.807, 2.05) is 0 Å². The number of alkyl halides is 3. The van der Waals surface area contributed by atoms with E-state index in [4.69, 9.17) is 10.2 Å². The summed E-state index contributed by atoms with van der Waals surface area (Å²) in [4.78, 5) is 10.9. The van der Waals surface area contributed by atoms with Crippen LogP contribution in [0.2, 0.25) is 0 Å². The Labute approximate surface area is 107 Å². The lowest BCUT2D eigenvalue weighted by Crippen LogP contribution is -2.14. The van der Waals surface area contributed by atoms with Gasteiger partial charge in [0.25, 0.3) is 0 Å². The van der Waals surface area contributed by atoms with E-state index in [2.05, 4.69) is 5.32 Å². The number of hydrogen-bond acceptors (Lipinski definition) is 3. The number of hydrogen-bond donors (Lipinski definition) is 3. The van der Waals surface area contributed by atoms with Crippen molar-refractivity contribution in [1.82, 2.24) is 0 Å². The summed E-state index contributed by atoms with van der Waals surface area (Å²) in [7, 11) is 0. The highest BCUT2D eigenvalue weighted by Gasteiger charge is 2.31. The number of halogens is 3. The molecule has 19 heavy (non-hydrogen) atoms. The SMILES string of the molecule is CC(O)CCNc1ccc(C(F)(F)F)cc1C(=O)O. The molecule has 0 heterocycles. The number of anilines is 1. The maximum absolute atomic E-state index is 12.5. The molecular weight excluding hydrogens is 263 g/mol. The van der Waals surface area contributed by atoms with Crippen LogP contribution in [0.1, 0.15) is 29.3 Å². The van der Waals surface area contributed by atoms with E-state index in [1.54, 1.807) is 6.92 Å². The molecule has 1 atom stereocenters. The largest absolute Gasteiger partial charge is 0.478 e. The lowest BCUT2D eigenvalue weighted by atomic mass is 10.1. The molecule has 1 rings (SSSR count). The average Bonchev–Trinajstić information content (AvgIpc) is 2.27. The van der Waals surface area contributed by atoms with E-state index in [0.29, 0.717) is 12.5 Å². The highest BCUT2D eigenvalue weighted by Crippen LogP contribution is 2.31. The van der Waals surface area contributed by atoms with Crippen molar-refractivity contribution >= 4 is 11.7 Å². The van der Waals surface area contributed by atoms with Crippen molar-refractivity contribution in [3.8, 4) is 0 Å². The topological polar surface area (TPSA) is 69.6 Å². The predicted octanol–water partition coefficient (Wildman–Crippen LogP) is 2.59. The summed E-state index contributed by atoms with van der Waals surface area (Å²) < 4.78 is 37.4. The number of benzene rings is 1.